The number of amides is 2. The summed E-state index contributed by atoms with van der Waals surface area (Å²) in [4.78, 5) is 24.5. The second-order valence-electron chi connectivity index (χ2n) is 6.17. The molecule has 1 atom stereocenters. The molecule has 27 heavy (non-hydrogen) atoms. The monoisotopic (exact) mass is 374 g/mol. The molecule has 2 N–H and O–H groups in total. The van der Waals surface area contributed by atoms with Crippen LogP contribution in [0.1, 0.15) is 23.6 Å². The molecule has 0 spiro atoms. The van der Waals surface area contributed by atoms with E-state index < -0.39 is 5.97 Å². The van der Waals surface area contributed by atoms with Gasteiger partial charge in [-0.1, -0.05) is 24.3 Å². The summed E-state index contributed by atoms with van der Waals surface area (Å²) < 4.78 is 18.3. The fourth-order valence-corrected chi connectivity index (χ4v) is 2.57. The van der Waals surface area contributed by atoms with Crippen LogP contribution in [0.4, 0.5) is 9.18 Å². The molecule has 144 valence electrons. The van der Waals surface area contributed by atoms with Crippen molar-refractivity contribution >= 4 is 12.0 Å². The summed E-state index contributed by atoms with van der Waals surface area (Å²) >= 11 is 0. The van der Waals surface area contributed by atoms with Gasteiger partial charge < -0.3 is 20.1 Å². The van der Waals surface area contributed by atoms with Crippen LogP contribution in [-0.2, 0) is 11.2 Å². The number of nitrogens with zero attached hydrogens (tertiary/aromatic N) is 1. The topological polar surface area (TPSA) is 78.9 Å². The first-order chi connectivity index (χ1) is 12.9. The third kappa shape index (κ3) is 6.29. The number of aliphatic carboxylic acids is 1. The molecule has 0 aliphatic rings. The number of carbonyl (C=O) groups excluding carboxylic acids is 1. The maximum Gasteiger partial charge on any atom is 0.317 e. The van der Waals surface area contributed by atoms with E-state index in [-0.39, 0.29) is 30.9 Å². The number of benzene rings is 2. The smallest absolute Gasteiger partial charge is 0.317 e. The molecule has 2 aromatic rings. The summed E-state index contributed by atoms with van der Waals surface area (Å²) in [5, 5.41) is 11.7. The van der Waals surface area contributed by atoms with Crippen LogP contribution < -0.4 is 10.1 Å². The minimum absolute atomic E-state index is 0.104. The number of methoxy groups -OCH3 is 1. The zero-order chi connectivity index (χ0) is 19.8. The first-order valence-corrected chi connectivity index (χ1v) is 8.51. The molecular weight excluding hydrogens is 351 g/mol. The summed E-state index contributed by atoms with van der Waals surface area (Å²) in [6, 6.07) is 12.7. The highest BCUT2D eigenvalue weighted by Crippen LogP contribution is 2.22. The van der Waals surface area contributed by atoms with Gasteiger partial charge in [-0.2, -0.15) is 0 Å². The molecule has 2 amide bonds. The Labute approximate surface area is 157 Å². The second kappa shape index (κ2) is 9.56. The molecular formula is C20H23FN2O4. The highest BCUT2D eigenvalue weighted by Gasteiger charge is 2.18. The third-order valence-corrected chi connectivity index (χ3v) is 4.18. The van der Waals surface area contributed by atoms with Gasteiger partial charge in [0.2, 0.25) is 0 Å². The molecule has 0 bridgehead atoms. The number of halogens is 1. The van der Waals surface area contributed by atoms with Gasteiger partial charge in [-0.05, 0) is 41.8 Å². The van der Waals surface area contributed by atoms with Crippen molar-refractivity contribution in [3.05, 3.63) is 65.5 Å². The molecule has 0 aromatic heterocycles. The standard InChI is InChI=1S/C20H23FN2O4/c1-23(12-11-19(24)25)20(26)22-18(13-14-3-7-16(21)8-4-14)15-5-9-17(27-2)10-6-15/h3-10,18H,11-13H2,1-2H3,(H,22,26)(H,24,25). The number of hydrogen-bond acceptors (Lipinski definition) is 3. The predicted octanol–water partition coefficient (Wildman–Crippen LogP) is 3.23. The molecule has 0 saturated heterocycles. The lowest BCUT2D eigenvalue weighted by Crippen LogP contribution is -2.40. The van der Waals surface area contributed by atoms with Crippen molar-refractivity contribution in [1.82, 2.24) is 10.2 Å². The maximum absolute atomic E-state index is 13.2. The lowest BCUT2D eigenvalue weighted by Gasteiger charge is -2.24. The molecule has 0 heterocycles. The average Bonchev–Trinajstić information content (AvgIpc) is 2.67. The van der Waals surface area contributed by atoms with Gasteiger partial charge in [0.05, 0.1) is 19.6 Å². The Hall–Kier alpha value is -3.09. The van der Waals surface area contributed by atoms with Gasteiger partial charge in [0, 0.05) is 13.6 Å². The number of nitrogens with one attached hydrogen (secondary N) is 1. The molecule has 2 aromatic carbocycles. The Morgan fingerprint density at radius 1 is 1.15 bits per heavy atom. The minimum atomic E-state index is -0.965. The van der Waals surface area contributed by atoms with E-state index in [1.807, 2.05) is 12.1 Å². The van der Waals surface area contributed by atoms with E-state index in [0.29, 0.717) is 12.2 Å². The van der Waals surface area contributed by atoms with Crippen molar-refractivity contribution in [3.8, 4) is 5.75 Å². The van der Waals surface area contributed by atoms with E-state index in [2.05, 4.69) is 5.32 Å². The Morgan fingerprint density at radius 3 is 2.33 bits per heavy atom. The van der Waals surface area contributed by atoms with Crippen LogP contribution in [0.3, 0.4) is 0 Å². The maximum atomic E-state index is 13.2. The van der Waals surface area contributed by atoms with Gasteiger partial charge in [-0.15, -0.1) is 0 Å². The second-order valence-corrected chi connectivity index (χ2v) is 6.17. The van der Waals surface area contributed by atoms with Crippen LogP contribution in [0.25, 0.3) is 0 Å². The molecule has 7 heteroatoms. The number of carboxylic acid groups (broad SMARTS) is 1. The van der Waals surface area contributed by atoms with Crippen molar-refractivity contribution in [2.75, 3.05) is 20.7 Å². The summed E-state index contributed by atoms with van der Waals surface area (Å²) in [7, 11) is 3.12. The molecule has 0 saturated carbocycles. The van der Waals surface area contributed by atoms with Gasteiger partial charge in [0.1, 0.15) is 11.6 Å². The van der Waals surface area contributed by atoms with Crippen LogP contribution in [-0.4, -0.2) is 42.7 Å². The van der Waals surface area contributed by atoms with Crippen LogP contribution >= 0.6 is 0 Å². The van der Waals surface area contributed by atoms with E-state index in [0.717, 1.165) is 11.1 Å². The summed E-state index contributed by atoms with van der Waals surface area (Å²) in [5.41, 5.74) is 1.73. The molecule has 0 aliphatic carbocycles. The van der Waals surface area contributed by atoms with Crippen LogP contribution in [0.5, 0.6) is 5.75 Å². The lowest BCUT2D eigenvalue weighted by molar-refractivity contribution is -0.137. The fourth-order valence-electron chi connectivity index (χ4n) is 2.57. The lowest BCUT2D eigenvalue weighted by atomic mass is 9.98. The number of carbonyl (C=O) groups is 2. The van der Waals surface area contributed by atoms with E-state index in [1.165, 1.54) is 17.0 Å². The van der Waals surface area contributed by atoms with E-state index in [4.69, 9.17) is 9.84 Å². The highest BCUT2D eigenvalue weighted by atomic mass is 19.1. The molecule has 2 rings (SSSR count). The predicted molar refractivity (Wildman–Crippen MR) is 99.3 cm³/mol. The summed E-state index contributed by atoms with van der Waals surface area (Å²) in [6.07, 6.45) is 0.334. The van der Waals surface area contributed by atoms with Crippen molar-refractivity contribution in [2.45, 2.75) is 18.9 Å². The Kier molecular flexibility index (Phi) is 7.16. The van der Waals surface area contributed by atoms with E-state index >= 15 is 0 Å². The average molecular weight is 374 g/mol. The van der Waals surface area contributed by atoms with Crippen molar-refractivity contribution in [2.24, 2.45) is 0 Å². The molecule has 6 nitrogen and oxygen atoms in total. The Balaban J connectivity index is 2.16. The van der Waals surface area contributed by atoms with E-state index in [9.17, 15) is 14.0 Å². The fraction of sp³-hybridized carbons (Fsp3) is 0.300. The Morgan fingerprint density at radius 2 is 1.78 bits per heavy atom. The number of ether oxygens (including phenoxy) is 1. The molecule has 0 radical (unpaired) electrons. The zero-order valence-corrected chi connectivity index (χ0v) is 15.3. The number of hydrogen-bond donors (Lipinski definition) is 2. The number of carboxylic acids is 1. The molecule has 1 unspecified atom stereocenters. The van der Waals surface area contributed by atoms with Crippen LogP contribution in [0.2, 0.25) is 0 Å². The van der Waals surface area contributed by atoms with Gasteiger partial charge in [-0.3, -0.25) is 4.79 Å². The number of urea groups is 1. The van der Waals surface area contributed by atoms with Gasteiger partial charge >= 0.3 is 12.0 Å². The normalized spacial score (nSPS) is 11.5. The van der Waals surface area contributed by atoms with Crippen LogP contribution in [0.15, 0.2) is 48.5 Å². The number of rotatable bonds is 8. The largest absolute Gasteiger partial charge is 0.497 e. The third-order valence-electron chi connectivity index (χ3n) is 4.18. The van der Waals surface area contributed by atoms with Crippen molar-refractivity contribution < 1.29 is 23.8 Å². The van der Waals surface area contributed by atoms with Crippen molar-refractivity contribution in [3.63, 3.8) is 0 Å². The summed E-state index contributed by atoms with van der Waals surface area (Å²) in [5.74, 6) is -0.589. The molecule has 0 aliphatic heterocycles. The minimum Gasteiger partial charge on any atom is -0.497 e. The zero-order valence-electron chi connectivity index (χ0n) is 15.3. The quantitative estimate of drug-likeness (QED) is 0.744. The first-order valence-electron chi connectivity index (χ1n) is 8.51. The highest BCUT2D eigenvalue weighted by molar-refractivity contribution is 5.75. The SMILES string of the molecule is COc1ccc(C(Cc2ccc(F)cc2)NC(=O)N(C)CCC(=O)O)cc1. The molecule has 0 fully saturated rings. The summed E-state index contributed by atoms with van der Waals surface area (Å²) in [6.45, 7) is 0.104. The van der Waals surface area contributed by atoms with Gasteiger partial charge in [-0.25, -0.2) is 9.18 Å². The van der Waals surface area contributed by atoms with Gasteiger partial charge in [0.15, 0.2) is 0 Å². The van der Waals surface area contributed by atoms with Crippen molar-refractivity contribution in [1.29, 1.82) is 0 Å². The van der Waals surface area contributed by atoms with Gasteiger partial charge in [0.25, 0.3) is 0 Å². The Bertz CT molecular complexity index is 763. The first kappa shape index (κ1) is 20.2. The van der Waals surface area contributed by atoms with E-state index in [1.54, 1.807) is 38.4 Å². The van der Waals surface area contributed by atoms with Crippen LogP contribution in [0, 0.1) is 5.82 Å².